The number of carbonyl (C=O) groups excluding carboxylic acids is 2. The van der Waals surface area contributed by atoms with Crippen LogP contribution in [0.15, 0.2) is 24.3 Å². The molecule has 1 aromatic rings. The molecule has 2 atom stereocenters. The molecule has 8 heteroatoms. The fourth-order valence-electron chi connectivity index (χ4n) is 2.55. The molecule has 0 saturated carbocycles. The van der Waals surface area contributed by atoms with Crippen molar-refractivity contribution in [3.63, 3.8) is 0 Å². The van der Waals surface area contributed by atoms with Crippen LogP contribution in [0, 0.1) is 11.7 Å². The van der Waals surface area contributed by atoms with Gasteiger partial charge in [0.2, 0.25) is 5.91 Å². The average Bonchev–Trinajstić information content (AvgIpc) is 2.94. The molecule has 0 spiro atoms. The molecule has 138 valence electrons. The summed E-state index contributed by atoms with van der Waals surface area (Å²) < 4.78 is 18.4. The van der Waals surface area contributed by atoms with Crippen LogP contribution in [0.5, 0.6) is 0 Å². The second-order valence-electron chi connectivity index (χ2n) is 7.46. The molecule has 1 aliphatic heterocycles. The maximum Gasteiger partial charge on any atom is 0.407 e. The minimum absolute atomic E-state index is 0.261. The largest absolute Gasteiger partial charge is 0.450 e. The second-order valence-corrected chi connectivity index (χ2v) is 13.1. The molecule has 1 aromatic carbocycles. The lowest BCUT2D eigenvalue weighted by Gasteiger charge is -2.20. The standard InChI is InChI=1S/C17H26FN3O3Si/c1-25(2,3)8-7-24-17(23)21-15-11-19-10-14(15)16(22)20-13-6-4-5-12(18)9-13/h4-6,9,14-15,19H,7-8,10-11H2,1-3H3,(H,20,22)(H,21,23). The highest BCUT2D eigenvalue weighted by Gasteiger charge is 2.34. The molecule has 0 aromatic heterocycles. The smallest absolute Gasteiger partial charge is 0.407 e. The molecule has 1 fully saturated rings. The number of nitrogens with one attached hydrogen (secondary N) is 3. The highest BCUT2D eigenvalue weighted by Crippen LogP contribution is 2.15. The zero-order valence-corrected chi connectivity index (χ0v) is 15.9. The maximum atomic E-state index is 13.2. The normalized spacial score (nSPS) is 20.2. The first-order valence-electron chi connectivity index (χ1n) is 8.45. The van der Waals surface area contributed by atoms with E-state index in [9.17, 15) is 14.0 Å². The molecule has 2 unspecified atom stereocenters. The Labute approximate surface area is 148 Å². The number of halogens is 1. The van der Waals surface area contributed by atoms with Gasteiger partial charge in [-0.05, 0) is 24.2 Å². The summed E-state index contributed by atoms with van der Waals surface area (Å²) in [5.74, 6) is -1.11. The van der Waals surface area contributed by atoms with Crippen LogP contribution in [-0.2, 0) is 9.53 Å². The highest BCUT2D eigenvalue weighted by molar-refractivity contribution is 6.76. The Balaban J connectivity index is 1.84. The number of alkyl carbamates (subject to hydrolysis) is 1. The van der Waals surface area contributed by atoms with E-state index >= 15 is 0 Å². The van der Waals surface area contributed by atoms with E-state index in [-0.39, 0.29) is 11.9 Å². The summed E-state index contributed by atoms with van der Waals surface area (Å²) in [4.78, 5) is 24.3. The van der Waals surface area contributed by atoms with Crippen LogP contribution < -0.4 is 16.0 Å². The fourth-order valence-corrected chi connectivity index (χ4v) is 3.26. The first-order chi connectivity index (χ1) is 11.7. The number of anilines is 1. The van der Waals surface area contributed by atoms with Crippen LogP contribution in [0.25, 0.3) is 0 Å². The topological polar surface area (TPSA) is 79.5 Å². The first-order valence-corrected chi connectivity index (χ1v) is 12.2. The van der Waals surface area contributed by atoms with Crippen molar-refractivity contribution in [2.45, 2.75) is 31.7 Å². The van der Waals surface area contributed by atoms with Crippen LogP contribution in [0.2, 0.25) is 25.7 Å². The molecule has 2 rings (SSSR count). The predicted molar refractivity (Wildman–Crippen MR) is 97.8 cm³/mol. The number of rotatable bonds is 6. The third-order valence-corrected chi connectivity index (χ3v) is 5.74. The van der Waals surface area contributed by atoms with Crippen LogP contribution in [0.3, 0.4) is 0 Å². The molecule has 3 N–H and O–H groups in total. The molecule has 25 heavy (non-hydrogen) atoms. The van der Waals surface area contributed by atoms with E-state index in [2.05, 4.69) is 35.6 Å². The molecule has 0 radical (unpaired) electrons. The number of amides is 2. The first kappa shape index (κ1) is 19.4. The summed E-state index contributed by atoms with van der Waals surface area (Å²) in [6.45, 7) is 7.96. The van der Waals surface area contributed by atoms with Gasteiger partial charge in [0.05, 0.1) is 18.6 Å². The SMILES string of the molecule is C[Si](C)(C)CCOC(=O)NC1CNCC1C(=O)Nc1cccc(F)c1. The average molecular weight is 367 g/mol. The number of hydrogen-bond acceptors (Lipinski definition) is 4. The van der Waals surface area contributed by atoms with Crippen molar-refractivity contribution < 1.29 is 18.7 Å². The van der Waals surface area contributed by atoms with Gasteiger partial charge in [0.1, 0.15) is 5.82 Å². The Morgan fingerprint density at radius 1 is 1.32 bits per heavy atom. The maximum absolute atomic E-state index is 13.2. The van der Waals surface area contributed by atoms with E-state index in [1.807, 2.05) is 0 Å². The Hall–Kier alpha value is -1.93. The highest BCUT2D eigenvalue weighted by atomic mass is 28.3. The lowest BCUT2D eigenvalue weighted by atomic mass is 10.0. The Morgan fingerprint density at radius 2 is 2.08 bits per heavy atom. The summed E-state index contributed by atoms with van der Waals surface area (Å²) in [6.07, 6.45) is -0.504. The summed E-state index contributed by atoms with van der Waals surface area (Å²) >= 11 is 0. The van der Waals surface area contributed by atoms with Gasteiger partial charge in [-0.15, -0.1) is 0 Å². The van der Waals surface area contributed by atoms with Crippen LogP contribution >= 0.6 is 0 Å². The van der Waals surface area contributed by atoms with Gasteiger partial charge in [-0.3, -0.25) is 4.79 Å². The number of benzene rings is 1. The van der Waals surface area contributed by atoms with Gasteiger partial charge in [-0.25, -0.2) is 9.18 Å². The second kappa shape index (κ2) is 8.44. The van der Waals surface area contributed by atoms with E-state index < -0.39 is 25.9 Å². The van der Waals surface area contributed by atoms with Crippen LogP contribution in [-0.4, -0.2) is 45.8 Å². The number of hydrogen-bond donors (Lipinski definition) is 3. The van der Waals surface area contributed by atoms with Gasteiger partial charge < -0.3 is 20.7 Å². The predicted octanol–water partition coefficient (Wildman–Crippen LogP) is 2.42. The zero-order chi connectivity index (χ0) is 18.4. The zero-order valence-electron chi connectivity index (χ0n) is 14.9. The van der Waals surface area contributed by atoms with Gasteiger partial charge in [-0.2, -0.15) is 0 Å². The minimum atomic E-state index is -1.26. The molecular weight excluding hydrogens is 341 g/mol. The van der Waals surface area contributed by atoms with Crippen molar-refractivity contribution in [3.05, 3.63) is 30.1 Å². The summed E-state index contributed by atoms with van der Waals surface area (Å²) in [7, 11) is -1.26. The number of carbonyl (C=O) groups is 2. The van der Waals surface area contributed by atoms with Crippen molar-refractivity contribution in [1.82, 2.24) is 10.6 Å². The Kier molecular flexibility index (Phi) is 6.55. The van der Waals surface area contributed by atoms with Crippen molar-refractivity contribution in [2.75, 3.05) is 25.0 Å². The van der Waals surface area contributed by atoms with Crippen LogP contribution in [0.1, 0.15) is 0 Å². The summed E-state index contributed by atoms with van der Waals surface area (Å²) in [5.41, 5.74) is 0.397. The van der Waals surface area contributed by atoms with Gasteiger partial charge >= 0.3 is 6.09 Å². The molecule has 0 aliphatic carbocycles. The lowest BCUT2D eigenvalue weighted by molar-refractivity contribution is -0.119. The molecule has 0 bridgehead atoms. The quantitative estimate of drug-likeness (QED) is 0.675. The van der Waals surface area contributed by atoms with Crippen molar-refractivity contribution >= 4 is 25.8 Å². The third kappa shape index (κ3) is 6.47. The van der Waals surface area contributed by atoms with E-state index in [4.69, 9.17) is 4.74 Å². The van der Waals surface area contributed by atoms with E-state index in [0.717, 1.165) is 6.04 Å². The summed E-state index contributed by atoms with van der Waals surface area (Å²) in [6, 6.07) is 6.26. The fraction of sp³-hybridized carbons (Fsp3) is 0.529. The van der Waals surface area contributed by atoms with E-state index in [0.29, 0.717) is 25.4 Å². The van der Waals surface area contributed by atoms with Crippen molar-refractivity contribution in [3.8, 4) is 0 Å². The van der Waals surface area contributed by atoms with Gasteiger partial charge in [-0.1, -0.05) is 25.7 Å². The molecule has 1 heterocycles. The van der Waals surface area contributed by atoms with Gasteiger partial charge in [0, 0.05) is 26.9 Å². The summed E-state index contributed by atoms with van der Waals surface area (Å²) in [5, 5.41) is 8.52. The Bertz CT molecular complexity index is 621. The van der Waals surface area contributed by atoms with Gasteiger partial charge in [0.15, 0.2) is 0 Å². The third-order valence-electron chi connectivity index (χ3n) is 4.03. The molecule has 2 amide bonds. The molecule has 1 saturated heterocycles. The van der Waals surface area contributed by atoms with Crippen molar-refractivity contribution in [2.24, 2.45) is 5.92 Å². The van der Waals surface area contributed by atoms with Crippen molar-refractivity contribution in [1.29, 1.82) is 0 Å². The Morgan fingerprint density at radius 3 is 2.76 bits per heavy atom. The van der Waals surface area contributed by atoms with E-state index in [1.165, 1.54) is 18.2 Å². The van der Waals surface area contributed by atoms with E-state index in [1.54, 1.807) is 6.07 Å². The monoisotopic (exact) mass is 367 g/mol. The number of ether oxygens (including phenoxy) is 1. The minimum Gasteiger partial charge on any atom is -0.450 e. The molecular formula is C17H26FN3O3Si. The lowest BCUT2D eigenvalue weighted by Crippen LogP contribution is -2.44. The molecule has 1 aliphatic rings. The van der Waals surface area contributed by atoms with Gasteiger partial charge in [0.25, 0.3) is 0 Å². The van der Waals surface area contributed by atoms with Crippen LogP contribution in [0.4, 0.5) is 14.9 Å². The molecule has 6 nitrogen and oxygen atoms in total.